The van der Waals surface area contributed by atoms with Gasteiger partial charge in [-0.2, -0.15) is 0 Å². The Hall–Kier alpha value is -3.26. The van der Waals surface area contributed by atoms with E-state index >= 15 is 0 Å². The summed E-state index contributed by atoms with van der Waals surface area (Å²) in [4.78, 5) is 47.4. The summed E-state index contributed by atoms with van der Waals surface area (Å²) in [6.07, 6.45) is 3.30. The van der Waals surface area contributed by atoms with Crippen LogP contribution in [0.5, 0.6) is 0 Å². The number of pyridine rings is 1. The lowest BCUT2D eigenvalue weighted by atomic mass is 10.1. The van der Waals surface area contributed by atoms with Gasteiger partial charge in [0.05, 0.1) is 6.42 Å². The lowest BCUT2D eigenvalue weighted by Gasteiger charge is -2.35. The Morgan fingerprint density at radius 3 is 2.41 bits per heavy atom. The molecule has 168 valence electrons. The van der Waals surface area contributed by atoms with Crippen LogP contribution in [0.25, 0.3) is 0 Å². The van der Waals surface area contributed by atoms with Gasteiger partial charge in [0.15, 0.2) is 0 Å². The zero-order chi connectivity index (χ0) is 22.3. The largest absolute Gasteiger partial charge is 0.340 e. The van der Waals surface area contributed by atoms with Crippen LogP contribution in [0.15, 0.2) is 54.7 Å². The van der Waals surface area contributed by atoms with Gasteiger partial charge in [0.2, 0.25) is 5.91 Å². The molecule has 1 unspecified atom stereocenters. The first-order valence-corrected chi connectivity index (χ1v) is 11.2. The maximum atomic E-state index is 12.8. The minimum Gasteiger partial charge on any atom is -0.340 e. The molecule has 3 heterocycles. The normalized spacial score (nSPS) is 19.3. The number of hydrogen-bond donors (Lipinski definition) is 1. The molecule has 0 aliphatic carbocycles. The Morgan fingerprint density at radius 2 is 1.69 bits per heavy atom. The molecular formula is C24H29N5O3. The SMILES string of the molecule is O=C(CC1NC(=O)N(CCc2ccccc2)C1=O)N1CCN(CCc2ccccn2)CC1. The molecule has 2 aliphatic heterocycles. The molecule has 2 aliphatic rings. The number of rotatable bonds is 8. The molecule has 4 rings (SSSR count). The highest BCUT2D eigenvalue weighted by atomic mass is 16.2. The molecule has 0 bridgehead atoms. The van der Waals surface area contributed by atoms with E-state index in [-0.39, 0.29) is 18.2 Å². The summed E-state index contributed by atoms with van der Waals surface area (Å²) in [5.74, 6) is -0.397. The summed E-state index contributed by atoms with van der Waals surface area (Å²) >= 11 is 0. The van der Waals surface area contributed by atoms with Crippen LogP contribution >= 0.6 is 0 Å². The molecule has 8 heteroatoms. The minimum atomic E-state index is -0.770. The van der Waals surface area contributed by atoms with Gasteiger partial charge in [0, 0.05) is 57.6 Å². The average molecular weight is 436 g/mol. The predicted octanol–water partition coefficient (Wildman–Crippen LogP) is 1.32. The van der Waals surface area contributed by atoms with Gasteiger partial charge in [-0.3, -0.25) is 24.4 Å². The first kappa shape index (κ1) is 22.0. The van der Waals surface area contributed by atoms with Gasteiger partial charge in [0.25, 0.3) is 5.91 Å². The first-order chi connectivity index (χ1) is 15.6. The van der Waals surface area contributed by atoms with E-state index in [4.69, 9.17) is 0 Å². The molecule has 4 amide bonds. The summed E-state index contributed by atoms with van der Waals surface area (Å²) < 4.78 is 0. The van der Waals surface area contributed by atoms with Crippen LogP contribution < -0.4 is 5.32 Å². The van der Waals surface area contributed by atoms with Gasteiger partial charge in [-0.1, -0.05) is 36.4 Å². The highest BCUT2D eigenvalue weighted by Crippen LogP contribution is 2.14. The maximum absolute atomic E-state index is 12.8. The maximum Gasteiger partial charge on any atom is 0.324 e. The van der Waals surface area contributed by atoms with E-state index in [1.807, 2.05) is 48.5 Å². The summed E-state index contributed by atoms with van der Waals surface area (Å²) in [5.41, 5.74) is 2.13. The van der Waals surface area contributed by atoms with Crippen molar-refractivity contribution >= 4 is 17.8 Å². The molecular weight excluding hydrogens is 406 g/mol. The summed E-state index contributed by atoms with van der Waals surface area (Å²) in [5, 5.41) is 2.68. The van der Waals surface area contributed by atoms with Crippen molar-refractivity contribution < 1.29 is 14.4 Å². The van der Waals surface area contributed by atoms with Gasteiger partial charge < -0.3 is 10.2 Å². The second-order valence-corrected chi connectivity index (χ2v) is 8.23. The molecule has 2 aromatic rings. The molecule has 2 fully saturated rings. The highest BCUT2D eigenvalue weighted by molar-refractivity contribution is 6.05. The smallest absolute Gasteiger partial charge is 0.324 e. The van der Waals surface area contributed by atoms with Crippen LogP contribution in [0.2, 0.25) is 0 Å². The van der Waals surface area contributed by atoms with E-state index in [9.17, 15) is 14.4 Å². The lowest BCUT2D eigenvalue weighted by molar-refractivity contribution is -0.137. The van der Waals surface area contributed by atoms with E-state index in [1.54, 1.807) is 11.1 Å². The number of imide groups is 1. The average Bonchev–Trinajstić information content (AvgIpc) is 3.10. The van der Waals surface area contributed by atoms with Crippen LogP contribution in [0, 0.1) is 0 Å². The van der Waals surface area contributed by atoms with Crippen LogP contribution in [-0.4, -0.2) is 82.8 Å². The topological polar surface area (TPSA) is 85.8 Å². The molecule has 0 saturated carbocycles. The Balaban J connectivity index is 1.21. The molecule has 32 heavy (non-hydrogen) atoms. The second-order valence-electron chi connectivity index (χ2n) is 8.23. The van der Waals surface area contributed by atoms with Gasteiger partial charge in [0.1, 0.15) is 6.04 Å². The summed E-state index contributed by atoms with van der Waals surface area (Å²) in [6, 6.07) is 14.5. The predicted molar refractivity (Wildman–Crippen MR) is 120 cm³/mol. The highest BCUT2D eigenvalue weighted by Gasteiger charge is 2.39. The van der Waals surface area contributed by atoms with Gasteiger partial charge in [-0.15, -0.1) is 0 Å². The third-order valence-electron chi connectivity index (χ3n) is 6.09. The Morgan fingerprint density at radius 1 is 0.938 bits per heavy atom. The van der Waals surface area contributed by atoms with Crippen molar-refractivity contribution in [1.29, 1.82) is 0 Å². The number of aromatic nitrogens is 1. The number of carbonyl (C=O) groups excluding carboxylic acids is 3. The third kappa shape index (κ3) is 5.50. The van der Waals surface area contributed by atoms with Crippen molar-refractivity contribution in [2.45, 2.75) is 25.3 Å². The van der Waals surface area contributed by atoms with E-state index < -0.39 is 12.1 Å². The number of benzene rings is 1. The van der Waals surface area contributed by atoms with E-state index in [0.29, 0.717) is 26.1 Å². The number of amides is 4. The van der Waals surface area contributed by atoms with Gasteiger partial charge in [-0.05, 0) is 24.1 Å². The van der Waals surface area contributed by atoms with Crippen molar-refractivity contribution in [3.63, 3.8) is 0 Å². The van der Waals surface area contributed by atoms with E-state index in [0.717, 1.165) is 37.3 Å². The second kappa shape index (κ2) is 10.4. The zero-order valence-corrected chi connectivity index (χ0v) is 18.2. The third-order valence-corrected chi connectivity index (χ3v) is 6.09. The van der Waals surface area contributed by atoms with Crippen LogP contribution in [0.4, 0.5) is 4.79 Å². The summed E-state index contributed by atoms with van der Waals surface area (Å²) in [6.45, 7) is 4.08. The molecule has 1 aromatic heterocycles. The fraction of sp³-hybridized carbons (Fsp3) is 0.417. The Bertz CT molecular complexity index is 929. The van der Waals surface area contributed by atoms with Crippen molar-refractivity contribution in [3.8, 4) is 0 Å². The Kier molecular flexibility index (Phi) is 7.11. The number of hydrogen-bond acceptors (Lipinski definition) is 5. The van der Waals surface area contributed by atoms with Crippen LogP contribution in [0.3, 0.4) is 0 Å². The quantitative estimate of drug-likeness (QED) is 0.632. The van der Waals surface area contributed by atoms with E-state index in [1.165, 1.54) is 4.90 Å². The van der Waals surface area contributed by atoms with Crippen molar-refractivity contribution in [2.75, 3.05) is 39.3 Å². The fourth-order valence-electron chi connectivity index (χ4n) is 4.16. The molecule has 0 spiro atoms. The number of carbonyl (C=O) groups is 3. The van der Waals surface area contributed by atoms with Crippen molar-refractivity contribution in [2.24, 2.45) is 0 Å². The number of piperazine rings is 1. The van der Waals surface area contributed by atoms with Crippen molar-refractivity contribution in [3.05, 3.63) is 66.0 Å². The molecule has 8 nitrogen and oxygen atoms in total. The number of nitrogens with one attached hydrogen (secondary N) is 1. The van der Waals surface area contributed by atoms with Gasteiger partial charge >= 0.3 is 6.03 Å². The molecule has 1 aromatic carbocycles. The van der Waals surface area contributed by atoms with Gasteiger partial charge in [-0.25, -0.2) is 4.79 Å². The standard InChI is InChI=1S/C24H29N5O3/c30-22(28-16-14-27(15-17-28)12-10-20-8-4-5-11-25-20)18-21-23(31)29(24(32)26-21)13-9-19-6-2-1-3-7-19/h1-8,11,21H,9-10,12-18H2,(H,26,32). The summed E-state index contributed by atoms with van der Waals surface area (Å²) in [7, 11) is 0. The number of nitrogens with zero attached hydrogens (tertiary/aromatic N) is 4. The van der Waals surface area contributed by atoms with Crippen LogP contribution in [-0.2, 0) is 22.4 Å². The molecule has 1 atom stereocenters. The van der Waals surface area contributed by atoms with E-state index in [2.05, 4.69) is 15.2 Å². The lowest BCUT2D eigenvalue weighted by Crippen LogP contribution is -2.50. The molecule has 1 N–H and O–H groups in total. The first-order valence-electron chi connectivity index (χ1n) is 11.2. The monoisotopic (exact) mass is 435 g/mol. The van der Waals surface area contributed by atoms with Crippen LogP contribution in [0.1, 0.15) is 17.7 Å². The molecule has 2 saturated heterocycles. The fourth-order valence-corrected chi connectivity index (χ4v) is 4.16. The minimum absolute atomic E-state index is 0.0142. The number of urea groups is 1. The Labute approximate surface area is 188 Å². The molecule has 0 radical (unpaired) electrons. The zero-order valence-electron chi connectivity index (χ0n) is 18.2. The van der Waals surface area contributed by atoms with Crippen molar-refractivity contribution in [1.82, 2.24) is 25.0 Å².